The van der Waals surface area contributed by atoms with Crippen LogP contribution in [0.25, 0.3) is 0 Å². The molecule has 4 rings (SSSR count). The van der Waals surface area contributed by atoms with Gasteiger partial charge in [0, 0.05) is 31.7 Å². The number of carbonyl (C=O) groups excluding carboxylic acids is 2. The van der Waals surface area contributed by atoms with Crippen LogP contribution in [0, 0.1) is 12.8 Å². The van der Waals surface area contributed by atoms with Gasteiger partial charge in [-0.05, 0) is 61.9 Å². The van der Waals surface area contributed by atoms with Crippen molar-refractivity contribution in [3.05, 3.63) is 102 Å². The van der Waals surface area contributed by atoms with Crippen molar-refractivity contribution in [2.24, 2.45) is 5.92 Å². The number of hydrogen-bond acceptors (Lipinski definition) is 4. The molecule has 0 N–H and O–H groups in total. The highest BCUT2D eigenvalue weighted by atomic mass is 16.5. The summed E-state index contributed by atoms with van der Waals surface area (Å²) in [4.78, 5) is 30.3. The molecule has 188 valence electrons. The van der Waals surface area contributed by atoms with Gasteiger partial charge >= 0.3 is 0 Å². The average molecular weight is 487 g/mol. The van der Waals surface area contributed by atoms with Crippen LogP contribution < -0.4 is 4.74 Å². The molecule has 0 saturated carbocycles. The fourth-order valence-corrected chi connectivity index (χ4v) is 4.97. The molecular formula is C30H34N2O4. The summed E-state index contributed by atoms with van der Waals surface area (Å²) in [5.41, 5.74) is 2.42. The molecule has 0 bridgehead atoms. The highest BCUT2D eigenvalue weighted by molar-refractivity contribution is 5.95. The first-order valence-corrected chi connectivity index (χ1v) is 12.5. The smallest absolute Gasteiger partial charge is 0.257 e. The molecule has 2 aromatic carbocycles. The highest BCUT2D eigenvalue weighted by Crippen LogP contribution is 2.29. The molecule has 6 heteroatoms. The summed E-state index contributed by atoms with van der Waals surface area (Å²) in [6.45, 7) is 7.18. The third kappa shape index (κ3) is 5.88. The second-order valence-corrected chi connectivity index (χ2v) is 9.32. The van der Waals surface area contributed by atoms with Crippen molar-refractivity contribution in [2.45, 2.75) is 32.2 Å². The Morgan fingerprint density at radius 2 is 1.89 bits per heavy atom. The number of piperidine rings is 1. The predicted molar refractivity (Wildman–Crippen MR) is 140 cm³/mol. The van der Waals surface area contributed by atoms with E-state index in [1.807, 2.05) is 60.2 Å². The molecule has 3 aromatic rings. The second-order valence-electron chi connectivity index (χ2n) is 9.32. The molecule has 2 heterocycles. The van der Waals surface area contributed by atoms with Gasteiger partial charge in [0.15, 0.2) is 0 Å². The minimum atomic E-state index is -0.0305. The van der Waals surface area contributed by atoms with Crippen LogP contribution in [-0.2, 0) is 6.42 Å². The Balaban J connectivity index is 1.46. The quantitative estimate of drug-likeness (QED) is 0.381. The van der Waals surface area contributed by atoms with E-state index in [1.54, 1.807) is 24.5 Å². The predicted octanol–water partition coefficient (Wildman–Crippen LogP) is 5.39. The average Bonchev–Trinajstić information content (AvgIpc) is 3.36. The van der Waals surface area contributed by atoms with Crippen LogP contribution >= 0.6 is 0 Å². The van der Waals surface area contributed by atoms with Gasteiger partial charge in [0.25, 0.3) is 11.8 Å². The van der Waals surface area contributed by atoms with Gasteiger partial charge in [-0.1, -0.05) is 49.1 Å². The summed E-state index contributed by atoms with van der Waals surface area (Å²) >= 11 is 0. The van der Waals surface area contributed by atoms with E-state index in [4.69, 9.17) is 9.15 Å². The zero-order chi connectivity index (χ0) is 25.5. The van der Waals surface area contributed by atoms with Crippen LogP contribution in [0.15, 0.2) is 84.0 Å². The van der Waals surface area contributed by atoms with E-state index < -0.39 is 0 Å². The summed E-state index contributed by atoms with van der Waals surface area (Å²) in [5.74, 6) is 1.54. The van der Waals surface area contributed by atoms with Crippen LogP contribution in [0.2, 0.25) is 0 Å². The minimum absolute atomic E-state index is 0.00978. The summed E-state index contributed by atoms with van der Waals surface area (Å²) in [6.07, 6.45) is 5.67. The zero-order valence-electron chi connectivity index (χ0n) is 21.1. The molecule has 36 heavy (non-hydrogen) atoms. The van der Waals surface area contributed by atoms with Crippen LogP contribution in [0.5, 0.6) is 5.75 Å². The van der Waals surface area contributed by atoms with E-state index in [1.165, 1.54) is 5.56 Å². The Labute approximate surface area is 213 Å². The number of likely N-dealkylation sites (N-methyl/N-ethyl adjacent to an activating group) is 1. The number of likely N-dealkylation sites (tertiary alicyclic amines) is 1. The Morgan fingerprint density at radius 1 is 1.14 bits per heavy atom. The highest BCUT2D eigenvalue weighted by Gasteiger charge is 2.34. The van der Waals surface area contributed by atoms with Crippen LogP contribution in [0.4, 0.5) is 0 Å². The van der Waals surface area contributed by atoms with E-state index in [9.17, 15) is 9.59 Å². The Kier molecular flexibility index (Phi) is 8.26. The van der Waals surface area contributed by atoms with Crippen molar-refractivity contribution in [1.29, 1.82) is 0 Å². The van der Waals surface area contributed by atoms with Crippen molar-refractivity contribution in [2.75, 3.05) is 26.7 Å². The van der Waals surface area contributed by atoms with Crippen LogP contribution in [0.1, 0.15) is 44.9 Å². The molecular weight excluding hydrogens is 452 g/mol. The molecule has 6 nitrogen and oxygen atoms in total. The molecule has 1 saturated heterocycles. The van der Waals surface area contributed by atoms with Gasteiger partial charge in [-0.15, -0.1) is 0 Å². The number of carbonyl (C=O) groups is 2. The SMILES string of the molecule is C=CCOc1cccc(C(=O)N2CCC([C@H](Cc3ccccc3)N(C)C(=O)c3ccoc3C)CC2)c1. The van der Waals surface area contributed by atoms with Gasteiger partial charge in [-0.25, -0.2) is 0 Å². The summed E-state index contributed by atoms with van der Waals surface area (Å²) in [5, 5.41) is 0. The van der Waals surface area contributed by atoms with Crippen molar-refractivity contribution < 1.29 is 18.7 Å². The monoisotopic (exact) mass is 486 g/mol. The Hall–Kier alpha value is -3.80. The maximum Gasteiger partial charge on any atom is 0.257 e. The molecule has 2 amide bonds. The number of benzene rings is 2. The standard InChI is InChI=1S/C30H34N2O4/c1-4-18-36-26-12-8-11-25(21-26)29(33)32-16-13-24(14-17-32)28(20-23-9-6-5-7-10-23)31(3)30(34)27-15-19-35-22(27)2/h4-12,15,19,21,24,28H,1,13-14,16-18,20H2,2-3H3/t28-/m0/s1. The summed E-state index contributed by atoms with van der Waals surface area (Å²) < 4.78 is 11.0. The fraction of sp³-hybridized carbons (Fsp3) is 0.333. The lowest BCUT2D eigenvalue weighted by molar-refractivity contribution is 0.0521. The molecule has 0 aliphatic carbocycles. The third-order valence-corrected chi connectivity index (χ3v) is 7.01. The van der Waals surface area contributed by atoms with Gasteiger partial charge in [0.1, 0.15) is 18.1 Å². The number of amides is 2. The number of hydrogen-bond donors (Lipinski definition) is 0. The van der Waals surface area contributed by atoms with Crippen molar-refractivity contribution in [1.82, 2.24) is 9.80 Å². The second kappa shape index (κ2) is 11.8. The first kappa shape index (κ1) is 25.3. The van der Waals surface area contributed by atoms with Gasteiger partial charge in [-0.3, -0.25) is 9.59 Å². The maximum absolute atomic E-state index is 13.3. The van der Waals surface area contributed by atoms with Crippen molar-refractivity contribution >= 4 is 11.8 Å². The molecule has 0 spiro atoms. The Bertz CT molecular complexity index is 1180. The minimum Gasteiger partial charge on any atom is -0.490 e. The van der Waals surface area contributed by atoms with Crippen molar-refractivity contribution in [3.8, 4) is 5.75 Å². The summed E-state index contributed by atoms with van der Waals surface area (Å²) in [7, 11) is 1.88. The number of furan rings is 1. The molecule has 1 aromatic heterocycles. The van der Waals surface area contributed by atoms with Gasteiger partial charge in [0.05, 0.1) is 11.8 Å². The van der Waals surface area contributed by atoms with Crippen molar-refractivity contribution in [3.63, 3.8) is 0 Å². The van der Waals surface area contributed by atoms with E-state index >= 15 is 0 Å². The van der Waals surface area contributed by atoms with Gasteiger partial charge < -0.3 is 19.0 Å². The largest absolute Gasteiger partial charge is 0.490 e. The van der Waals surface area contributed by atoms with Gasteiger partial charge in [0.2, 0.25) is 0 Å². The number of nitrogens with zero attached hydrogens (tertiary/aromatic N) is 2. The van der Waals surface area contributed by atoms with E-state index in [0.717, 1.165) is 19.3 Å². The molecule has 0 unspecified atom stereocenters. The normalized spacial score (nSPS) is 14.8. The van der Waals surface area contributed by atoms with Crippen LogP contribution in [0.3, 0.4) is 0 Å². The molecule has 1 atom stereocenters. The van der Waals surface area contributed by atoms with E-state index in [2.05, 4.69) is 18.7 Å². The van der Waals surface area contributed by atoms with Crippen LogP contribution in [-0.4, -0.2) is 54.4 Å². The molecule has 1 aliphatic rings. The first-order chi connectivity index (χ1) is 17.5. The number of aryl methyl sites for hydroxylation is 1. The molecule has 1 fully saturated rings. The van der Waals surface area contributed by atoms with E-state index in [-0.39, 0.29) is 23.8 Å². The summed E-state index contributed by atoms with van der Waals surface area (Å²) in [6, 6.07) is 19.3. The number of ether oxygens (including phenoxy) is 1. The lowest BCUT2D eigenvalue weighted by Crippen LogP contribution is -2.48. The lowest BCUT2D eigenvalue weighted by atomic mass is 9.84. The lowest BCUT2D eigenvalue weighted by Gasteiger charge is -2.40. The first-order valence-electron chi connectivity index (χ1n) is 12.5. The molecule has 1 aliphatic heterocycles. The number of rotatable bonds is 9. The molecule has 0 radical (unpaired) electrons. The third-order valence-electron chi connectivity index (χ3n) is 7.01. The topological polar surface area (TPSA) is 63.0 Å². The fourth-order valence-electron chi connectivity index (χ4n) is 4.97. The van der Waals surface area contributed by atoms with E-state index in [0.29, 0.717) is 42.3 Å². The Morgan fingerprint density at radius 3 is 2.56 bits per heavy atom. The van der Waals surface area contributed by atoms with Gasteiger partial charge in [-0.2, -0.15) is 0 Å². The maximum atomic E-state index is 13.3. The zero-order valence-corrected chi connectivity index (χ0v) is 21.1.